The first-order chi connectivity index (χ1) is 12.5. The molecule has 0 saturated carbocycles. The summed E-state index contributed by atoms with van der Waals surface area (Å²) in [4.78, 5) is 0. The van der Waals surface area contributed by atoms with Crippen LogP contribution in [0.15, 0.2) is 54.6 Å². The summed E-state index contributed by atoms with van der Waals surface area (Å²) in [6.45, 7) is 6.73. The van der Waals surface area contributed by atoms with E-state index in [9.17, 15) is 0 Å². The SMILES string of the molecule is COc1ccc(-c2cc(C)[n+]3c(c2)C(C)(C)c2cc(OC)ccc2-3)cc1. The molecule has 0 N–H and O–H groups in total. The van der Waals surface area contributed by atoms with Crippen LogP contribution in [0, 0.1) is 6.92 Å². The van der Waals surface area contributed by atoms with Gasteiger partial charge in [-0.2, -0.15) is 4.57 Å². The molecule has 3 aromatic rings. The summed E-state index contributed by atoms with van der Waals surface area (Å²) in [6.07, 6.45) is 0. The molecule has 0 unspecified atom stereocenters. The van der Waals surface area contributed by atoms with Crippen molar-refractivity contribution in [2.24, 2.45) is 0 Å². The van der Waals surface area contributed by atoms with Crippen molar-refractivity contribution >= 4 is 0 Å². The maximum absolute atomic E-state index is 5.46. The topological polar surface area (TPSA) is 22.3 Å². The zero-order valence-corrected chi connectivity index (χ0v) is 16.0. The fraction of sp³-hybridized carbons (Fsp3) is 0.261. The van der Waals surface area contributed by atoms with Gasteiger partial charge in [0.2, 0.25) is 5.69 Å². The second-order valence-electron chi connectivity index (χ2n) is 7.34. The van der Waals surface area contributed by atoms with Gasteiger partial charge in [-0.3, -0.25) is 0 Å². The third-order valence-electron chi connectivity index (χ3n) is 5.43. The Labute approximate surface area is 154 Å². The average molecular weight is 346 g/mol. The van der Waals surface area contributed by atoms with Crippen molar-refractivity contribution in [1.29, 1.82) is 0 Å². The van der Waals surface area contributed by atoms with Gasteiger partial charge in [-0.15, -0.1) is 0 Å². The number of fused-ring (bicyclic) bond motifs is 3. The number of methoxy groups -OCH3 is 2. The highest BCUT2D eigenvalue weighted by molar-refractivity contribution is 5.66. The van der Waals surface area contributed by atoms with Gasteiger partial charge in [-0.25, -0.2) is 0 Å². The number of aryl methyl sites for hydroxylation is 1. The molecule has 0 saturated heterocycles. The molecule has 1 aliphatic rings. The Kier molecular flexibility index (Phi) is 3.76. The first-order valence-electron chi connectivity index (χ1n) is 8.86. The number of nitrogens with zero attached hydrogens (tertiary/aromatic N) is 1. The molecule has 1 aliphatic heterocycles. The standard InChI is InChI=1S/C23H24NO2/c1-15-12-17(16-6-8-18(25-4)9-7-16)13-22-23(2,3)20-14-19(26-5)10-11-21(20)24(15)22/h6-14H,1-5H3/q+1. The highest BCUT2D eigenvalue weighted by atomic mass is 16.5. The monoisotopic (exact) mass is 346 g/mol. The van der Waals surface area contributed by atoms with Gasteiger partial charge in [0.15, 0.2) is 11.4 Å². The van der Waals surface area contributed by atoms with E-state index in [1.807, 2.05) is 18.2 Å². The number of hydrogen-bond acceptors (Lipinski definition) is 2. The molecular formula is C23H24NO2+. The Balaban J connectivity index is 1.89. The molecule has 3 heteroatoms. The van der Waals surface area contributed by atoms with Crippen LogP contribution in [-0.2, 0) is 5.41 Å². The van der Waals surface area contributed by atoms with E-state index in [1.165, 1.54) is 33.8 Å². The van der Waals surface area contributed by atoms with Crippen LogP contribution in [0.2, 0.25) is 0 Å². The highest BCUT2D eigenvalue weighted by Crippen LogP contribution is 2.41. The van der Waals surface area contributed by atoms with Gasteiger partial charge in [0.05, 0.1) is 19.6 Å². The van der Waals surface area contributed by atoms with Crippen molar-refractivity contribution in [3.05, 3.63) is 71.5 Å². The molecule has 1 aromatic heterocycles. The van der Waals surface area contributed by atoms with Crippen molar-refractivity contribution in [3.8, 4) is 28.3 Å². The summed E-state index contributed by atoms with van der Waals surface area (Å²) in [5.41, 5.74) is 7.40. The molecule has 2 heterocycles. The van der Waals surface area contributed by atoms with Gasteiger partial charge in [0.1, 0.15) is 11.5 Å². The van der Waals surface area contributed by atoms with Crippen LogP contribution in [0.1, 0.15) is 30.8 Å². The smallest absolute Gasteiger partial charge is 0.215 e. The van der Waals surface area contributed by atoms with Crippen LogP contribution in [0.4, 0.5) is 0 Å². The fourth-order valence-corrected chi connectivity index (χ4v) is 3.94. The van der Waals surface area contributed by atoms with Crippen LogP contribution in [0.5, 0.6) is 11.5 Å². The van der Waals surface area contributed by atoms with Crippen LogP contribution in [-0.4, -0.2) is 14.2 Å². The maximum Gasteiger partial charge on any atom is 0.215 e. The van der Waals surface area contributed by atoms with Crippen molar-refractivity contribution in [2.45, 2.75) is 26.2 Å². The predicted octanol–water partition coefficient (Wildman–Crippen LogP) is 4.60. The summed E-state index contributed by atoms with van der Waals surface area (Å²) in [7, 11) is 3.41. The molecule has 0 aliphatic carbocycles. The summed E-state index contributed by atoms with van der Waals surface area (Å²) in [5.74, 6) is 1.78. The normalized spacial score (nSPS) is 13.9. The second-order valence-corrected chi connectivity index (χ2v) is 7.34. The number of pyridine rings is 1. The van der Waals surface area contributed by atoms with Gasteiger partial charge >= 0.3 is 0 Å². The number of benzene rings is 2. The molecule has 132 valence electrons. The van der Waals surface area contributed by atoms with Gasteiger partial charge in [-0.1, -0.05) is 12.1 Å². The lowest BCUT2D eigenvalue weighted by Crippen LogP contribution is -2.37. The third kappa shape index (κ3) is 2.38. The molecule has 2 aromatic carbocycles. The fourth-order valence-electron chi connectivity index (χ4n) is 3.94. The predicted molar refractivity (Wildman–Crippen MR) is 103 cm³/mol. The van der Waals surface area contributed by atoms with E-state index in [0.717, 1.165) is 11.5 Å². The zero-order valence-electron chi connectivity index (χ0n) is 16.0. The second kappa shape index (κ2) is 5.87. The van der Waals surface area contributed by atoms with Crippen molar-refractivity contribution in [1.82, 2.24) is 0 Å². The summed E-state index contributed by atoms with van der Waals surface area (Å²) in [5, 5.41) is 0. The number of hydrogen-bond donors (Lipinski definition) is 0. The van der Waals surface area contributed by atoms with Crippen LogP contribution >= 0.6 is 0 Å². The molecule has 0 bridgehead atoms. The molecule has 0 spiro atoms. The Morgan fingerprint density at radius 1 is 0.769 bits per heavy atom. The van der Waals surface area contributed by atoms with E-state index < -0.39 is 0 Å². The first-order valence-corrected chi connectivity index (χ1v) is 8.86. The van der Waals surface area contributed by atoms with E-state index in [2.05, 4.69) is 61.7 Å². The lowest BCUT2D eigenvalue weighted by atomic mass is 9.82. The van der Waals surface area contributed by atoms with Crippen LogP contribution in [0.3, 0.4) is 0 Å². The van der Waals surface area contributed by atoms with E-state index in [-0.39, 0.29) is 5.41 Å². The molecule has 26 heavy (non-hydrogen) atoms. The maximum atomic E-state index is 5.46. The minimum atomic E-state index is -0.0862. The molecule has 3 nitrogen and oxygen atoms in total. The zero-order chi connectivity index (χ0) is 18.5. The minimum Gasteiger partial charge on any atom is -0.497 e. The summed E-state index contributed by atoms with van der Waals surface area (Å²) in [6, 6.07) is 19.2. The van der Waals surface area contributed by atoms with E-state index in [1.54, 1.807) is 14.2 Å². The highest BCUT2D eigenvalue weighted by Gasteiger charge is 2.45. The largest absolute Gasteiger partial charge is 0.497 e. The van der Waals surface area contributed by atoms with Gasteiger partial charge < -0.3 is 9.47 Å². The van der Waals surface area contributed by atoms with Gasteiger partial charge in [0, 0.05) is 30.7 Å². The minimum absolute atomic E-state index is 0.0862. The number of rotatable bonds is 3. The lowest BCUT2D eigenvalue weighted by Gasteiger charge is -2.15. The summed E-state index contributed by atoms with van der Waals surface area (Å²) >= 11 is 0. The van der Waals surface area contributed by atoms with Crippen molar-refractivity contribution in [3.63, 3.8) is 0 Å². The Morgan fingerprint density at radius 3 is 2.08 bits per heavy atom. The van der Waals surface area contributed by atoms with E-state index in [0.29, 0.717) is 0 Å². The Morgan fingerprint density at radius 2 is 1.42 bits per heavy atom. The lowest BCUT2D eigenvalue weighted by molar-refractivity contribution is -0.606. The Hall–Kier alpha value is -2.81. The van der Waals surface area contributed by atoms with E-state index in [4.69, 9.17) is 9.47 Å². The first kappa shape index (κ1) is 16.6. The van der Waals surface area contributed by atoms with Gasteiger partial charge in [-0.05, 0) is 49.2 Å². The average Bonchev–Trinajstić information content (AvgIpc) is 2.89. The van der Waals surface area contributed by atoms with Crippen LogP contribution < -0.4 is 14.0 Å². The van der Waals surface area contributed by atoms with Crippen molar-refractivity contribution in [2.75, 3.05) is 14.2 Å². The van der Waals surface area contributed by atoms with E-state index >= 15 is 0 Å². The molecule has 0 amide bonds. The molecule has 0 radical (unpaired) electrons. The van der Waals surface area contributed by atoms with Crippen molar-refractivity contribution < 1.29 is 14.0 Å². The third-order valence-corrected chi connectivity index (χ3v) is 5.43. The Bertz CT molecular complexity index is 988. The molecule has 0 fully saturated rings. The van der Waals surface area contributed by atoms with Gasteiger partial charge in [0.25, 0.3) is 0 Å². The van der Waals surface area contributed by atoms with Crippen LogP contribution in [0.25, 0.3) is 16.8 Å². The molecule has 4 rings (SSSR count). The molecule has 0 atom stereocenters. The molecular weight excluding hydrogens is 322 g/mol. The quantitative estimate of drug-likeness (QED) is 0.647. The summed E-state index contributed by atoms with van der Waals surface area (Å²) < 4.78 is 13.1. The number of ether oxygens (including phenoxy) is 2. The number of aromatic nitrogens is 1.